The van der Waals surface area contributed by atoms with Crippen molar-refractivity contribution < 1.29 is 18.4 Å². The van der Waals surface area contributed by atoms with Gasteiger partial charge in [-0.15, -0.1) is 0 Å². The van der Waals surface area contributed by atoms with Crippen LogP contribution in [-0.2, 0) is 4.79 Å². The van der Waals surface area contributed by atoms with Crippen molar-refractivity contribution in [2.24, 2.45) is 0 Å². The highest BCUT2D eigenvalue weighted by Crippen LogP contribution is 2.47. The molecule has 0 saturated carbocycles. The summed E-state index contributed by atoms with van der Waals surface area (Å²) in [5, 5.41) is 9.54. The van der Waals surface area contributed by atoms with Crippen LogP contribution in [0.25, 0.3) is 10.8 Å². The summed E-state index contributed by atoms with van der Waals surface area (Å²) in [6.45, 7) is 0. The van der Waals surface area contributed by atoms with Crippen molar-refractivity contribution in [3.8, 4) is 0 Å². The molecule has 2 aliphatic heterocycles. The van der Waals surface area contributed by atoms with Crippen molar-refractivity contribution in [2.75, 3.05) is 11.1 Å². The highest BCUT2D eigenvalue weighted by Gasteiger charge is 2.45. The van der Waals surface area contributed by atoms with Crippen molar-refractivity contribution in [1.29, 1.82) is 0 Å². The molecule has 2 unspecified atom stereocenters. The average molecular weight is 414 g/mol. The minimum absolute atomic E-state index is 0.00571. The number of hydrogen-bond acceptors (Lipinski definition) is 6. The number of carbonyl (C=O) groups is 2. The highest BCUT2D eigenvalue weighted by molar-refractivity contribution is 8.14. The van der Waals surface area contributed by atoms with Crippen LogP contribution in [0.5, 0.6) is 0 Å². The van der Waals surface area contributed by atoms with Crippen LogP contribution in [0.1, 0.15) is 23.3 Å². The molecular weight excluding hydrogens is 402 g/mol. The number of amides is 2. The molecule has 1 fully saturated rings. The van der Waals surface area contributed by atoms with E-state index in [9.17, 15) is 23.2 Å². The van der Waals surface area contributed by atoms with E-state index in [4.69, 9.17) is 0 Å². The lowest BCUT2D eigenvalue weighted by atomic mass is 9.88. The first-order valence-corrected chi connectivity index (χ1v) is 9.65. The fourth-order valence-corrected chi connectivity index (χ4v) is 4.60. The number of H-pyrrole nitrogens is 1. The molecule has 3 aromatic rings. The number of imide groups is 1. The van der Waals surface area contributed by atoms with Crippen LogP contribution in [0.3, 0.4) is 0 Å². The molecule has 1 saturated heterocycles. The van der Waals surface area contributed by atoms with E-state index < -0.39 is 40.4 Å². The fourth-order valence-electron chi connectivity index (χ4n) is 3.86. The minimum atomic E-state index is -0.896. The topological polar surface area (TPSA) is 95.2 Å². The van der Waals surface area contributed by atoms with Crippen molar-refractivity contribution in [2.45, 2.75) is 12.1 Å². The molecule has 5 rings (SSSR count). The lowest BCUT2D eigenvalue weighted by molar-refractivity contribution is -0.126. The summed E-state index contributed by atoms with van der Waals surface area (Å²) in [6, 6.07) is 6.26. The Bertz CT molecular complexity index is 1230. The van der Waals surface area contributed by atoms with Crippen molar-refractivity contribution in [1.82, 2.24) is 15.1 Å². The number of aromatic nitrogens is 2. The third-order valence-corrected chi connectivity index (χ3v) is 5.92. The predicted octanol–water partition coefficient (Wildman–Crippen LogP) is 3.10. The zero-order valence-electron chi connectivity index (χ0n) is 14.6. The first-order chi connectivity index (χ1) is 13.9. The number of nitrogens with zero attached hydrogens (tertiary/aromatic N) is 2. The number of rotatable bonds is 2. The Morgan fingerprint density at radius 2 is 1.83 bits per heavy atom. The van der Waals surface area contributed by atoms with Gasteiger partial charge in [0.25, 0.3) is 10.8 Å². The predicted molar refractivity (Wildman–Crippen MR) is 103 cm³/mol. The number of anilines is 1. The molecule has 29 heavy (non-hydrogen) atoms. The van der Waals surface area contributed by atoms with Gasteiger partial charge < -0.3 is 5.32 Å². The normalized spacial score (nSPS) is 21.0. The third-order valence-electron chi connectivity index (χ3n) is 5.08. The van der Waals surface area contributed by atoms with E-state index in [1.165, 1.54) is 30.3 Å². The molecule has 0 spiro atoms. The van der Waals surface area contributed by atoms with Gasteiger partial charge in [-0.25, -0.2) is 13.9 Å². The Labute approximate surface area is 166 Å². The number of carbonyl (C=O) groups excluding carboxylic acids is 2. The van der Waals surface area contributed by atoms with Crippen molar-refractivity contribution in [3.05, 3.63) is 69.6 Å². The van der Waals surface area contributed by atoms with Crippen molar-refractivity contribution in [3.63, 3.8) is 0 Å². The van der Waals surface area contributed by atoms with E-state index in [-0.39, 0.29) is 16.8 Å². The molecule has 2 aromatic carbocycles. The van der Waals surface area contributed by atoms with Gasteiger partial charge in [-0.3, -0.25) is 19.3 Å². The summed E-state index contributed by atoms with van der Waals surface area (Å²) in [5.41, 5.74) is 0.571. The van der Waals surface area contributed by atoms with Gasteiger partial charge in [-0.1, -0.05) is 23.9 Å². The van der Waals surface area contributed by atoms with Crippen LogP contribution in [0.15, 0.2) is 41.2 Å². The Kier molecular flexibility index (Phi) is 3.91. The van der Waals surface area contributed by atoms with E-state index in [2.05, 4.69) is 15.5 Å². The summed E-state index contributed by atoms with van der Waals surface area (Å²) in [5.74, 6) is -1.47. The van der Waals surface area contributed by atoms with Gasteiger partial charge in [0.15, 0.2) is 0 Å². The summed E-state index contributed by atoms with van der Waals surface area (Å²) in [4.78, 5) is 38.3. The molecule has 2 atom stereocenters. The zero-order chi connectivity index (χ0) is 20.3. The SMILES string of the molecule is O=C1CSC(=O)N1C1c2n[nH]c(=O)c3cc(F)cc(c23)NC1c1ccc(F)cc1. The van der Waals surface area contributed by atoms with E-state index in [1.54, 1.807) is 0 Å². The third kappa shape index (κ3) is 2.70. The maximum atomic E-state index is 14.1. The van der Waals surface area contributed by atoms with Crippen LogP contribution in [0.2, 0.25) is 0 Å². The number of halogens is 2. The number of nitrogens with one attached hydrogen (secondary N) is 2. The lowest BCUT2D eigenvalue weighted by Crippen LogP contribution is -2.41. The van der Waals surface area contributed by atoms with E-state index in [0.29, 0.717) is 16.6 Å². The minimum Gasteiger partial charge on any atom is -0.375 e. The highest BCUT2D eigenvalue weighted by atomic mass is 32.2. The van der Waals surface area contributed by atoms with Gasteiger partial charge in [0.2, 0.25) is 5.91 Å². The smallest absolute Gasteiger partial charge is 0.289 e. The maximum absolute atomic E-state index is 14.1. The molecule has 0 aliphatic carbocycles. The van der Waals surface area contributed by atoms with Crippen LogP contribution in [0, 0.1) is 11.6 Å². The van der Waals surface area contributed by atoms with E-state index in [0.717, 1.165) is 22.7 Å². The maximum Gasteiger partial charge on any atom is 0.289 e. The molecular formula is C19H12F2N4O3S. The van der Waals surface area contributed by atoms with Gasteiger partial charge in [-0.2, -0.15) is 5.10 Å². The van der Waals surface area contributed by atoms with Gasteiger partial charge >= 0.3 is 0 Å². The van der Waals surface area contributed by atoms with Crippen LogP contribution < -0.4 is 10.9 Å². The summed E-state index contributed by atoms with van der Waals surface area (Å²) in [6.07, 6.45) is 0. The summed E-state index contributed by atoms with van der Waals surface area (Å²) in [7, 11) is 0. The van der Waals surface area contributed by atoms with Gasteiger partial charge in [0.1, 0.15) is 17.7 Å². The summed E-state index contributed by atoms with van der Waals surface area (Å²) < 4.78 is 27.6. The molecule has 3 heterocycles. The molecule has 7 nitrogen and oxygen atoms in total. The molecule has 0 radical (unpaired) electrons. The first kappa shape index (κ1) is 17.8. The molecule has 146 valence electrons. The van der Waals surface area contributed by atoms with Gasteiger partial charge in [-0.05, 0) is 29.8 Å². The second-order valence-electron chi connectivity index (χ2n) is 6.75. The van der Waals surface area contributed by atoms with E-state index >= 15 is 0 Å². The van der Waals surface area contributed by atoms with E-state index in [1.807, 2.05) is 0 Å². The molecule has 0 bridgehead atoms. The van der Waals surface area contributed by atoms with Gasteiger partial charge in [0.05, 0.1) is 22.9 Å². The van der Waals surface area contributed by atoms with Crippen molar-refractivity contribution >= 4 is 39.4 Å². The largest absolute Gasteiger partial charge is 0.375 e. The Morgan fingerprint density at radius 3 is 2.52 bits per heavy atom. The monoisotopic (exact) mass is 414 g/mol. The summed E-state index contributed by atoms with van der Waals surface area (Å²) >= 11 is 0.873. The fraction of sp³-hybridized carbons (Fsp3) is 0.158. The quantitative estimate of drug-likeness (QED) is 0.669. The Morgan fingerprint density at radius 1 is 1.07 bits per heavy atom. The molecule has 2 N–H and O–H groups in total. The molecule has 2 aliphatic rings. The number of aromatic amines is 1. The molecule has 10 heteroatoms. The lowest BCUT2D eigenvalue weighted by Gasteiger charge is -2.38. The number of thioether (sulfide) groups is 1. The Balaban J connectivity index is 1.79. The molecule has 1 aromatic heterocycles. The average Bonchev–Trinajstić information content (AvgIpc) is 3.02. The number of hydrogen-bond donors (Lipinski definition) is 2. The van der Waals surface area contributed by atoms with Gasteiger partial charge in [0, 0.05) is 11.1 Å². The zero-order valence-corrected chi connectivity index (χ0v) is 15.4. The Hall–Kier alpha value is -3.27. The van der Waals surface area contributed by atoms with Crippen LogP contribution >= 0.6 is 11.8 Å². The molecule has 2 amide bonds. The van der Waals surface area contributed by atoms with Crippen LogP contribution in [0.4, 0.5) is 19.3 Å². The second-order valence-corrected chi connectivity index (χ2v) is 7.68. The number of benzene rings is 2. The second kappa shape index (κ2) is 6.38. The first-order valence-electron chi connectivity index (χ1n) is 8.66. The van der Waals surface area contributed by atoms with Crippen LogP contribution in [-0.4, -0.2) is 32.0 Å². The standard InChI is InChI=1S/C19H12F2N4O3S/c20-9-3-1-8(2-4-9)15-17(25-13(26)7-29-19(25)28)16-14-11(18(27)24-23-16)5-10(21)6-12(14)22-15/h1-6,15,17,22H,7H2,(H,24,27).